The smallest absolute Gasteiger partial charge is 0.240 e. The third kappa shape index (κ3) is 3.17. The Hall–Kier alpha value is -1.86. The second-order valence-corrected chi connectivity index (χ2v) is 6.43. The molecule has 108 valence electrons. The largest absolute Gasteiger partial charge is 0.376 e. The quantitative estimate of drug-likeness (QED) is 0.876. The van der Waals surface area contributed by atoms with Crippen molar-refractivity contribution < 1.29 is 8.42 Å². The Kier molecular flexibility index (Phi) is 4.10. The summed E-state index contributed by atoms with van der Waals surface area (Å²) < 4.78 is 27.3. The molecule has 2 aromatic rings. The van der Waals surface area contributed by atoms with Crippen LogP contribution in [-0.4, -0.2) is 25.2 Å². The van der Waals surface area contributed by atoms with Crippen LogP contribution < -0.4 is 10.0 Å². The van der Waals surface area contributed by atoms with E-state index in [4.69, 9.17) is 0 Å². The van der Waals surface area contributed by atoms with Crippen LogP contribution in [0.25, 0.3) is 0 Å². The molecule has 1 atom stereocenters. The van der Waals surface area contributed by atoms with Gasteiger partial charge in [0.2, 0.25) is 10.0 Å². The zero-order valence-corrected chi connectivity index (χ0v) is 12.5. The third-order valence-electron chi connectivity index (χ3n) is 3.05. The maximum Gasteiger partial charge on any atom is 0.240 e. The van der Waals surface area contributed by atoms with Crippen LogP contribution in [0.2, 0.25) is 0 Å². The number of nitrogens with zero attached hydrogens (tertiary/aromatic N) is 2. The van der Waals surface area contributed by atoms with Gasteiger partial charge in [-0.05, 0) is 31.7 Å². The molecule has 0 unspecified atom stereocenters. The first-order chi connectivity index (χ1) is 9.42. The van der Waals surface area contributed by atoms with Crippen molar-refractivity contribution in [3.63, 3.8) is 0 Å². The minimum atomic E-state index is -3.38. The summed E-state index contributed by atoms with van der Waals surface area (Å²) in [4.78, 5) is 0.261. The van der Waals surface area contributed by atoms with Gasteiger partial charge in [-0.1, -0.05) is 12.1 Å². The lowest BCUT2D eigenvalue weighted by molar-refractivity contribution is 0.588. The molecule has 1 aromatic carbocycles. The van der Waals surface area contributed by atoms with Crippen LogP contribution in [0.5, 0.6) is 0 Å². The predicted octanol–water partition coefficient (Wildman–Crippen LogP) is 1.50. The summed E-state index contributed by atoms with van der Waals surface area (Å²) in [6.45, 7) is 2.01. The van der Waals surface area contributed by atoms with Crippen molar-refractivity contribution in [3.05, 3.63) is 42.2 Å². The Morgan fingerprint density at radius 1 is 1.25 bits per heavy atom. The summed E-state index contributed by atoms with van der Waals surface area (Å²) in [6.07, 6.45) is 3.63. The lowest BCUT2D eigenvalue weighted by atomic mass is 10.1. The zero-order chi connectivity index (χ0) is 14.8. The molecule has 0 bridgehead atoms. The van der Waals surface area contributed by atoms with Crippen molar-refractivity contribution in [3.8, 4) is 0 Å². The highest BCUT2D eigenvalue weighted by Crippen LogP contribution is 2.20. The molecule has 0 aliphatic heterocycles. The number of aromatic nitrogens is 2. The van der Waals surface area contributed by atoms with E-state index in [0.717, 1.165) is 11.3 Å². The molecule has 0 saturated carbocycles. The van der Waals surface area contributed by atoms with Gasteiger partial charge in [-0.3, -0.25) is 4.68 Å². The minimum Gasteiger partial charge on any atom is -0.376 e. The number of sulfonamides is 1. The first kappa shape index (κ1) is 14.5. The van der Waals surface area contributed by atoms with E-state index in [1.54, 1.807) is 35.1 Å². The first-order valence-electron chi connectivity index (χ1n) is 6.21. The van der Waals surface area contributed by atoms with Crippen molar-refractivity contribution in [2.75, 3.05) is 12.4 Å². The monoisotopic (exact) mass is 294 g/mol. The number of aryl methyl sites for hydroxylation is 1. The third-order valence-corrected chi connectivity index (χ3v) is 4.48. The van der Waals surface area contributed by atoms with Crippen molar-refractivity contribution in [1.29, 1.82) is 0 Å². The van der Waals surface area contributed by atoms with Gasteiger partial charge in [0.05, 0.1) is 16.8 Å². The lowest BCUT2D eigenvalue weighted by Gasteiger charge is -2.14. The molecule has 0 radical (unpaired) electrons. The molecule has 2 N–H and O–H groups in total. The summed E-state index contributed by atoms with van der Waals surface area (Å²) in [5.41, 5.74) is 1.93. The predicted molar refractivity (Wildman–Crippen MR) is 77.9 cm³/mol. The molecule has 0 aliphatic rings. The van der Waals surface area contributed by atoms with Gasteiger partial charge in [0, 0.05) is 19.3 Å². The van der Waals surface area contributed by atoms with Gasteiger partial charge < -0.3 is 5.32 Å². The fourth-order valence-electron chi connectivity index (χ4n) is 1.88. The van der Waals surface area contributed by atoms with E-state index < -0.39 is 10.0 Å². The SMILES string of the molecule is CNS(=O)(=O)c1ccc([C@H](C)Nc2cnn(C)c2)cc1. The average molecular weight is 294 g/mol. The van der Waals surface area contributed by atoms with E-state index >= 15 is 0 Å². The number of rotatable bonds is 5. The van der Waals surface area contributed by atoms with Crippen LogP contribution in [0.4, 0.5) is 5.69 Å². The molecule has 7 heteroatoms. The van der Waals surface area contributed by atoms with Gasteiger partial charge in [-0.25, -0.2) is 13.1 Å². The molecule has 1 heterocycles. The van der Waals surface area contributed by atoms with Crippen LogP contribution in [0, 0.1) is 0 Å². The number of hydrogen-bond acceptors (Lipinski definition) is 4. The van der Waals surface area contributed by atoms with E-state index in [2.05, 4.69) is 15.1 Å². The first-order valence-corrected chi connectivity index (χ1v) is 7.69. The average Bonchev–Trinajstić information content (AvgIpc) is 2.84. The van der Waals surface area contributed by atoms with E-state index in [9.17, 15) is 8.42 Å². The van der Waals surface area contributed by atoms with Crippen molar-refractivity contribution >= 4 is 15.7 Å². The van der Waals surface area contributed by atoms with Gasteiger partial charge in [0.25, 0.3) is 0 Å². The molecule has 0 saturated heterocycles. The van der Waals surface area contributed by atoms with Crippen molar-refractivity contribution in [1.82, 2.24) is 14.5 Å². The molecule has 20 heavy (non-hydrogen) atoms. The summed E-state index contributed by atoms with van der Waals surface area (Å²) >= 11 is 0. The fraction of sp³-hybridized carbons (Fsp3) is 0.308. The second kappa shape index (κ2) is 5.64. The molecule has 0 fully saturated rings. The second-order valence-electron chi connectivity index (χ2n) is 4.55. The summed E-state index contributed by atoms with van der Waals surface area (Å²) in [6, 6.07) is 6.87. The highest BCUT2D eigenvalue weighted by molar-refractivity contribution is 7.89. The fourth-order valence-corrected chi connectivity index (χ4v) is 2.61. The van der Waals surface area contributed by atoms with Crippen LogP contribution >= 0.6 is 0 Å². The van der Waals surface area contributed by atoms with Crippen molar-refractivity contribution in [2.45, 2.75) is 17.9 Å². The van der Waals surface area contributed by atoms with E-state index in [1.165, 1.54) is 7.05 Å². The Balaban J connectivity index is 2.13. The molecule has 2 rings (SSSR count). The molecule has 1 aromatic heterocycles. The maximum absolute atomic E-state index is 11.6. The molecular formula is C13H18N4O2S. The van der Waals surface area contributed by atoms with E-state index in [0.29, 0.717) is 0 Å². The normalized spacial score (nSPS) is 13.2. The van der Waals surface area contributed by atoms with E-state index in [-0.39, 0.29) is 10.9 Å². The van der Waals surface area contributed by atoms with Crippen LogP contribution in [-0.2, 0) is 17.1 Å². The Labute approximate surface area is 118 Å². The Morgan fingerprint density at radius 2 is 1.90 bits per heavy atom. The molecule has 0 spiro atoms. The Morgan fingerprint density at radius 3 is 2.40 bits per heavy atom. The standard InChI is InChI=1S/C13H18N4O2S/c1-10(16-12-8-15-17(3)9-12)11-4-6-13(7-5-11)20(18,19)14-2/h4-10,14,16H,1-3H3/t10-/m0/s1. The molecule has 6 nitrogen and oxygen atoms in total. The number of benzene rings is 1. The summed E-state index contributed by atoms with van der Waals surface area (Å²) in [5.74, 6) is 0. The molecule has 0 aliphatic carbocycles. The van der Waals surface area contributed by atoms with Crippen LogP contribution in [0.3, 0.4) is 0 Å². The summed E-state index contributed by atoms with van der Waals surface area (Å²) in [5, 5.41) is 7.39. The van der Waals surface area contributed by atoms with Crippen LogP contribution in [0.1, 0.15) is 18.5 Å². The van der Waals surface area contributed by atoms with Crippen molar-refractivity contribution in [2.24, 2.45) is 7.05 Å². The highest BCUT2D eigenvalue weighted by Gasteiger charge is 2.12. The van der Waals surface area contributed by atoms with Gasteiger partial charge in [0.1, 0.15) is 0 Å². The minimum absolute atomic E-state index is 0.0607. The Bertz CT molecular complexity index is 677. The summed E-state index contributed by atoms with van der Waals surface area (Å²) in [7, 11) is -0.127. The van der Waals surface area contributed by atoms with Gasteiger partial charge >= 0.3 is 0 Å². The maximum atomic E-state index is 11.6. The number of nitrogens with one attached hydrogen (secondary N) is 2. The topological polar surface area (TPSA) is 76.0 Å². The number of anilines is 1. The molecular weight excluding hydrogens is 276 g/mol. The zero-order valence-electron chi connectivity index (χ0n) is 11.7. The van der Waals surface area contributed by atoms with Gasteiger partial charge in [-0.2, -0.15) is 5.10 Å². The van der Waals surface area contributed by atoms with Crippen LogP contribution in [0.15, 0.2) is 41.6 Å². The molecule has 0 amide bonds. The lowest BCUT2D eigenvalue weighted by Crippen LogP contribution is -2.18. The van der Waals surface area contributed by atoms with Gasteiger partial charge in [0.15, 0.2) is 0 Å². The number of hydrogen-bond donors (Lipinski definition) is 2. The van der Waals surface area contributed by atoms with E-state index in [1.807, 2.05) is 20.2 Å². The highest BCUT2D eigenvalue weighted by atomic mass is 32.2. The van der Waals surface area contributed by atoms with Gasteiger partial charge in [-0.15, -0.1) is 0 Å².